The summed E-state index contributed by atoms with van der Waals surface area (Å²) in [4.78, 5) is 28.0. The highest BCUT2D eigenvalue weighted by Crippen LogP contribution is 2.37. The van der Waals surface area contributed by atoms with Gasteiger partial charge in [-0.25, -0.2) is 4.79 Å². The number of hydrogen-bond acceptors (Lipinski definition) is 3. The lowest BCUT2D eigenvalue weighted by atomic mass is 9.77. The van der Waals surface area contributed by atoms with E-state index in [1.807, 2.05) is 30.3 Å². The monoisotopic (exact) mass is 338 g/mol. The lowest BCUT2D eigenvalue weighted by Gasteiger charge is -2.34. The summed E-state index contributed by atoms with van der Waals surface area (Å²) in [5, 5.41) is 8.32. The van der Waals surface area contributed by atoms with E-state index in [1.165, 1.54) is 6.42 Å². The van der Waals surface area contributed by atoms with Crippen molar-refractivity contribution in [1.82, 2.24) is 15.6 Å². The minimum absolute atomic E-state index is 0.0173. The van der Waals surface area contributed by atoms with Crippen LogP contribution in [0.3, 0.4) is 0 Å². The Morgan fingerprint density at radius 2 is 1.92 bits per heavy atom. The lowest BCUT2D eigenvalue weighted by Crippen LogP contribution is -2.44. The third kappa shape index (κ3) is 4.79. The van der Waals surface area contributed by atoms with Crippen LogP contribution in [0.15, 0.2) is 54.9 Å². The number of carbonyl (C=O) groups excluding carboxylic acids is 2. The van der Waals surface area contributed by atoms with Gasteiger partial charge in [-0.3, -0.25) is 9.78 Å². The average molecular weight is 338 g/mol. The zero-order valence-electron chi connectivity index (χ0n) is 13.9. The first-order chi connectivity index (χ1) is 12.2. The molecule has 3 amide bonds. The fourth-order valence-corrected chi connectivity index (χ4v) is 2.90. The van der Waals surface area contributed by atoms with Crippen LogP contribution in [-0.4, -0.2) is 23.5 Å². The van der Waals surface area contributed by atoms with Crippen molar-refractivity contribution >= 4 is 17.6 Å². The third-order valence-electron chi connectivity index (χ3n) is 4.42. The highest BCUT2D eigenvalue weighted by atomic mass is 16.2. The molecular weight excluding hydrogens is 316 g/mol. The topological polar surface area (TPSA) is 83.1 Å². The van der Waals surface area contributed by atoms with E-state index in [0.717, 1.165) is 18.4 Å². The standard InChI is InChI=1S/C19H22N4O2/c24-17(22-16-10-5-11-20-12-16)13-21-19(25)23-18(15-8-4-9-15)14-6-2-1-3-7-14/h1-3,5-7,10-12,15,18H,4,8-9,13H2,(H,22,24)(H2,21,23,25)/t18-/m0/s1. The van der Waals surface area contributed by atoms with E-state index < -0.39 is 0 Å². The van der Waals surface area contributed by atoms with Gasteiger partial charge >= 0.3 is 6.03 Å². The maximum atomic E-state index is 12.2. The van der Waals surface area contributed by atoms with Crippen molar-refractivity contribution in [3.05, 3.63) is 60.4 Å². The molecule has 1 aromatic carbocycles. The summed E-state index contributed by atoms with van der Waals surface area (Å²) in [6, 6.07) is 13.1. The second-order valence-corrected chi connectivity index (χ2v) is 6.20. The quantitative estimate of drug-likeness (QED) is 0.757. The minimum atomic E-state index is -0.331. The molecule has 0 radical (unpaired) electrons. The molecule has 3 N–H and O–H groups in total. The van der Waals surface area contributed by atoms with Gasteiger partial charge in [0.05, 0.1) is 24.5 Å². The predicted molar refractivity (Wildman–Crippen MR) is 95.9 cm³/mol. The maximum absolute atomic E-state index is 12.2. The van der Waals surface area contributed by atoms with Crippen molar-refractivity contribution < 1.29 is 9.59 Å². The Balaban J connectivity index is 1.51. The molecule has 2 aromatic rings. The molecule has 25 heavy (non-hydrogen) atoms. The molecule has 130 valence electrons. The second kappa shape index (κ2) is 8.28. The van der Waals surface area contributed by atoms with Gasteiger partial charge in [-0.15, -0.1) is 0 Å². The number of nitrogens with one attached hydrogen (secondary N) is 3. The molecule has 1 aliphatic carbocycles. The normalized spacial score (nSPS) is 14.9. The summed E-state index contributed by atoms with van der Waals surface area (Å²) in [5.41, 5.74) is 1.70. The smallest absolute Gasteiger partial charge is 0.315 e. The Morgan fingerprint density at radius 1 is 1.12 bits per heavy atom. The first-order valence-corrected chi connectivity index (χ1v) is 8.51. The number of benzene rings is 1. The summed E-state index contributed by atoms with van der Waals surface area (Å²) in [7, 11) is 0. The van der Waals surface area contributed by atoms with Gasteiger partial charge in [0.2, 0.25) is 5.91 Å². The molecule has 1 aromatic heterocycles. The number of amides is 3. The van der Waals surface area contributed by atoms with Crippen LogP contribution in [0.2, 0.25) is 0 Å². The van der Waals surface area contributed by atoms with Crippen molar-refractivity contribution in [3.63, 3.8) is 0 Å². The van der Waals surface area contributed by atoms with Gasteiger partial charge < -0.3 is 16.0 Å². The molecule has 0 saturated heterocycles. The zero-order valence-corrected chi connectivity index (χ0v) is 13.9. The van der Waals surface area contributed by atoms with Crippen LogP contribution in [0.4, 0.5) is 10.5 Å². The van der Waals surface area contributed by atoms with E-state index in [-0.39, 0.29) is 24.5 Å². The van der Waals surface area contributed by atoms with Gasteiger partial charge in [-0.05, 0) is 36.5 Å². The van der Waals surface area contributed by atoms with E-state index >= 15 is 0 Å². The fraction of sp³-hybridized carbons (Fsp3) is 0.316. The number of rotatable bonds is 6. The molecule has 1 heterocycles. The molecule has 0 aliphatic heterocycles. The SMILES string of the molecule is O=C(CNC(=O)N[C@@H](c1ccccc1)C1CCC1)Nc1cccnc1. The van der Waals surface area contributed by atoms with Crippen LogP contribution in [0.5, 0.6) is 0 Å². The number of hydrogen-bond donors (Lipinski definition) is 3. The number of anilines is 1. The van der Waals surface area contributed by atoms with Crippen molar-refractivity contribution in [2.45, 2.75) is 25.3 Å². The molecule has 0 unspecified atom stereocenters. The first-order valence-electron chi connectivity index (χ1n) is 8.51. The highest BCUT2D eigenvalue weighted by molar-refractivity contribution is 5.94. The molecule has 1 saturated carbocycles. The molecule has 3 rings (SSSR count). The number of pyridine rings is 1. The largest absolute Gasteiger partial charge is 0.331 e. The Kier molecular flexibility index (Phi) is 5.61. The Bertz CT molecular complexity index is 702. The van der Waals surface area contributed by atoms with Gasteiger partial charge in [0, 0.05) is 6.20 Å². The van der Waals surface area contributed by atoms with Crippen molar-refractivity contribution in [3.8, 4) is 0 Å². The van der Waals surface area contributed by atoms with Gasteiger partial charge in [-0.2, -0.15) is 0 Å². The van der Waals surface area contributed by atoms with Crippen molar-refractivity contribution in [2.24, 2.45) is 5.92 Å². The van der Waals surface area contributed by atoms with Crippen LogP contribution >= 0.6 is 0 Å². The third-order valence-corrected chi connectivity index (χ3v) is 4.42. The minimum Gasteiger partial charge on any atom is -0.331 e. The second-order valence-electron chi connectivity index (χ2n) is 6.20. The van der Waals surface area contributed by atoms with Crippen molar-refractivity contribution in [1.29, 1.82) is 0 Å². The molecule has 6 heteroatoms. The summed E-state index contributed by atoms with van der Waals surface area (Å²) in [5.74, 6) is 0.167. The molecule has 1 atom stereocenters. The van der Waals surface area contributed by atoms with Crippen LogP contribution in [0.1, 0.15) is 30.9 Å². The molecule has 0 spiro atoms. The van der Waals surface area contributed by atoms with Crippen LogP contribution in [0.25, 0.3) is 0 Å². The number of nitrogens with zero attached hydrogens (tertiary/aromatic N) is 1. The van der Waals surface area contributed by atoms with E-state index in [2.05, 4.69) is 20.9 Å². The van der Waals surface area contributed by atoms with E-state index in [4.69, 9.17) is 0 Å². The van der Waals surface area contributed by atoms with E-state index in [0.29, 0.717) is 11.6 Å². The van der Waals surface area contributed by atoms with Gasteiger partial charge in [0.25, 0.3) is 0 Å². The lowest BCUT2D eigenvalue weighted by molar-refractivity contribution is -0.115. The van der Waals surface area contributed by atoms with Gasteiger partial charge in [-0.1, -0.05) is 36.8 Å². The van der Waals surface area contributed by atoms with E-state index in [1.54, 1.807) is 24.5 Å². The molecule has 0 bridgehead atoms. The zero-order chi connectivity index (χ0) is 17.5. The van der Waals surface area contributed by atoms with Gasteiger partial charge in [0.15, 0.2) is 0 Å². The maximum Gasteiger partial charge on any atom is 0.315 e. The summed E-state index contributed by atoms with van der Waals surface area (Å²) >= 11 is 0. The highest BCUT2D eigenvalue weighted by Gasteiger charge is 2.29. The molecule has 6 nitrogen and oxygen atoms in total. The number of aromatic nitrogens is 1. The molecular formula is C19H22N4O2. The van der Waals surface area contributed by atoms with Crippen LogP contribution in [0, 0.1) is 5.92 Å². The molecule has 1 fully saturated rings. The van der Waals surface area contributed by atoms with E-state index in [9.17, 15) is 9.59 Å². The predicted octanol–water partition coefficient (Wildman–Crippen LogP) is 2.86. The van der Waals surface area contributed by atoms with Crippen LogP contribution < -0.4 is 16.0 Å². The van der Waals surface area contributed by atoms with Crippen molar-refractivity contribution in [2.75, 3.05) is 11.9 Å². The van der Waals surface area contributed by atoms with Gasteiger partial charge in [0.1, 0.15) is 0 Å². The number of urea groups is 1. The number of carbonyl (C=O) groups is 2. The summed E-state index contributed by atoms with van der Waals surface area (Å²) in [6.07, 6.45) is 6.61. The fourth-order valence-electron chi connectivity index (χ4n) is 2.90. The Labute approximate surface area is 147 Å². The molecule has 1 aliphatic rings. The summed E-state index contributed by atoms with van der Waals surface area (Å²) in [6.45, 7) is -0.0904. The summed E-state index contributed by atoms with van der Waals surface area (Å²) < 4.78 is 0. The average Bonchev–Trinajstić information content (AvgIpc) is 2.59. The van der Waals surface area contributed by atoms with Crippen LogP contribution in [-0.2, 0) is 4.79 Å². The Hall–Kier alpha value is -2.89. The Morgan fingerprint density at radius 3 is 2.56 bits per heavy atom. The first kappa shape index (κ1) is 17.0.